The third-order valence-electron chi connectivity index (χ3n) is 2.44. The fraction of sp³-hybridized carbons (Fsp3) is 0.571. The second-order valence-corrected chi connectivity index (χ2v) is 4.38. The molecule has 0 atom stereocenters. The second kappa shape index (κ2) is 7.47. The van der Waals surface area contributed by atoms with Crippen molar-refractivity contribution in [2.24, 2.45) is 5.92 Å². The highest BCUT2D eigenvalue weighted by Crippen LogP contribution is 2.03. The van der Waals surface area contributed by atoms with Crippen LogP contribution in [0.25, 0.3) is 0 Å². The maximum absolute atomic E-state index is 5.57. The predicted molar refractivity (Wildman–Crippen MR) is 65.0 cm³/mol. The lowest BCUT2D eigenvalue weighted by Crippen LogP contribution is -2.01. The van der Waals surface area contributed by atoms with Gasteiger partial charge in [-0.15, -0.1) is 0 Å². The van der Waals surface area contributed by atoms with Crippen LogP contribution in [0.4, 0.5) is 0 Å². The van der Waals surface area contributed by atoms with Gasteiger partial charge in [0, 0.05) is 13.2 Å². The van der Waals surface area contributed by atoms with Crippen LogP contribution in [0.2, 0.25) is 0 Å². The van der Waals surface area contributed by atoms with Crippen LogP contribution in [0, 0.1) is 5.92 Å². The summed E-state index contributed by atoms with van der Waals surface area (Å²) in [5, 5.41) is 0. The SMILES string of the molecule is CC(C)CCOCCCc1ccccc1. The van der Waals surface area contributed by atoms with Gasteiger partial charge >= 0.3 is 0 Å². The number of ether oxygens (including phenoxy) is 1. The van der Waals surface area contributed by atoms with Gasteiger partial charge in [-0.3, -0.25) is 0 Å². The standard InChI is InChI=1S/C14H22O/c1-13(2)10-12-15-11-6-9-14-7-4-3-5-8-14/h3-5,7-8,13H,6,9-12H2,1-2H3. The van der Waals surface area contributed by atoms with E-state index in [1.54, 1.807) is 0 Å². The van der Waals surface area contributed by atoms with Crippen LogP contribution >= 0.6 is 0 Å². The molecule has 1 aromatic carbocycles. The lowest BCUT2D eigenvalue weighted by molar-refractivity contribution is 0.121. The Labute approximate surface area is 93.5 Å². The Morgan fingerprint density at radius 2 is 1.80 bits per heavy atom. The zero-order chi connectivity index (χ0) is 10.9. The van der Waals surface area contributed by atoms with Crippen LogP contribution in [0.3, 0.4) is 0 Å². The fourth-order valence-corrected chi connectivity index (χ4v) is 1.44. The molecule has 84 valence electrons. The first-order chi connectivity index (χ1) is 7.29. The zero-order valence-electron chi connectivity index (χ0n) is 9.91. The van der Waals surface area contributed by atoms with Crippen LogP contribution in [-0.2, 0) is 11.2 Å². The average molecular weight is 206 g/mol. The number of hydrogen-bond donors (Lipinski definition) is 0. The topological polar surface area (TPSA) is 9.23 Å². The van der Waals surface area contributed by atoms with E-state index in [0.29, 0.717) is 0 Å². The molecule has 0 aromatic heterocycles. The van der Waals surface area contributed by atoms with Crippen LogP contribution in [0.15, 0.2) is 30.3 Å². The summed E-state index contributed by atoms with van der Waals surface area (Å²) in [5.41, 5.74) is 1.41. The molecule has 0 fully saturated rings. The monoisotopic (exact) mass is 206 g/mol. The van der Waals surface area contributed by atoms with E-state index in [2.05, 4.69) is 44.2 Å². The second-order valence-electron chi connectivity index (χ2n) is 4.38. The molecule has 1 aromatic rings. The smallest absolute Gasteiger partial charge is 0.0469 e. The van der Waals surface area contributed by atoms with Gasteiger partial charge in [0.2, 0.25) is 0 Å². The van der Waals surface area contributed by atoms with E-state index in [0.717, 1.165) is 32.0 Å². The van der Waals surface area contributed by atoms with Crippen LogP contribution < -0.4 is 0 Å². The fourth-order valence-electron chi connectivity index (χ4n) is 1.44. The molecule has 1 rings (SSSR count). The minimum absolute atomic E-state index is 0.749. The molecule has 0 spiro atoms. The number of benzene rings is 1. The molecular formula is C14H22O. The highest BCUT2D eigenvalue weighted by atomic mass is 16.5. The van der Waals surface area contributed by atoms with E-state index in [1.165, 1.54) is 12.0 Å². The Morgan fingerprint density at radius 1 is 1.07 bits per heavy atom. The molecule has 0 bridgehead atoms. The Morgan fingerprint density at radius 3 is 2.47 bits per heavy atom. The molecular weight excluding hydrogens is 184 g/mol. The van der Waals surface area contributed by atoms with Crippen molar-refractivity contribution in [3.63, 3.8) is 0 Å². The molecule has 0 saturated carbocycles. The third kappa shape index (κ3) is 6.29. The quantitative estimate of drug-likeness (QED) is 0.618. The van der Waals surface area contributed by atoms with Crippen LogP contribution in [-0.4, -0.2) is 13.2 Å². The molecule has 1 heteroatoms. The van der Waals surface area contributed by atoms with Crippen molar-refractivity contribution in [2.75, 3.05) is 13.2 Å². The Kier molecular flexibility index (Phi) is 6.10. The summed E-state index contributed by atoms with van der Waals surface area (Å²) in [6.45, 7) is 6.26. The summed E-state index contributed by atoms with van der Waals surface area (Å²) < 4.78 is 5.57. The van der Waals surface area contributed by atoms with Gasteiger partial charge in [0.15, 0.2) is 0 Å². The maximum atomic E-state index is 5.57. The van der Waals surface area contributed by atoms with Crippen molar-refractivity contribution in [3.8, 4) is 0 Å². The first-order valence-electron chi connectivity index (χ1n) is 5.90. The first-order valence-corrected chi connectivity index (χ1v) is 5.90. The van der Waals surface area contributed by atoms with E-state index in [4.69, 9.17) is 4.74 Å². The van der Waals surface area contributed by atoms with Crippen LogP contribution in [0.1, 0.15) is 32.3 Å². The molecule has 0 amide bonds. The van der Waals surface area contributed by atoms with Gasteiger partial charge in [-0.2, -0.15) is 0 Å². The van der Waals surface area contributed by atoms with Gasteiger partial charge in [-0.05, 0) is 30.7 Å². The van der Waals surface area contributed by atoms with Crippen LogP contribution in [0.5, 0.6) is 0 Å². The largest absolute Gasteiger partial charge is 0.381 e. The van der Waals surface area contributed by atoms with E-state index in [9.17, 15) is 0 Å². The molecule has 0 N–H and O–H groups in total. The van der Waals surface area contributed by atoms with E-state index >= 15 is 0 Å². The van der Waals surface area contributed by atoms with E-state index in [-0.39, 0.29) is 0 Å². The number of aryl methyl sites for hydroxylation is 1. The summed E-state index contributed by atoms with van der Waals surface area (Å²) in [4.78, 5) is 0. The van der Waals surface area contributed by atoms with Crippen molar-refractivity contribution >= 4 is 0 Å². The summed E-state index contributed by atoms with van der Waals surface area (Å²) in [6.07, 6.45) is 3.43. The molecule has 0 aliphatic rings. The molecule has 0 aliphatic heterocycles. The number of hydrogen-bond acceptors (Lipinski definition) is 1. The number of rotatable bonds is 7. The molecule has 0 radical (unpaired) electrons. The van der Waals surface area contributed by atoms with Gasteiger partial charge in [-0.1, -0.05) is 44.2 Å². The van der Waals surface area contributed by atoms with Crippen molar-refractivity contribution in [1.29, 1.82) is 0 Å². The lowest BCUT2D eigenvalue weighted by Gasteiger charge is -2.06. The van der Waals surface area contributed by atoms with Crippen molar-refractivity contribution < 1.29 is 4.74 Å². The Balaban J connectivity index is 1.98. The lowest BCUT2D eigenvalue weighted by atomic mass is 10.1. The van der Waals surface area contributed by atoms with Crippen molar-refractivity contribution in [3.05, 3.63) is 35.9 Å². The highest BCUT2D eigenvalue weighted by molar-refractivity contribution is 5.14. The molecule has 0 saturated heterocycles. The van der Waals surface area contributed by atoms with E-state index in [1.807, 2.05) is 0 Å². The highest BCUT2D eigenvalue weighted by Gasteiger charge is 1.95. The van der Waals surface area contributed by atoms with Crippen molar-refractivity contribution in [1.82, 2.24) is 0 Å². The molecule has 0 aliphatic carbocycles. The third-order valence-corrected chi connectivity index (χ3v) is 2.44. The normalized spacial score (nSPS) is 10.9. The van der Waals surface area contributed by atoms with Gasteiger partial charge < -0.3 is 4.74 Å². The van der Waals surface area contributed by atoms with Gasteiger partial charge in [-0.25, -0.2) is 0 Å². The Hall–Kier alpha value is -0.820. The summed E-state index contributed by atoms with van der Waals surface area (Å²) in [6, 6.07) is 10.6. The average Bonchev–Trinajstić information content (AvgIpc) is 2.24. The minimum Gasteiger partial charge on any atom is -0.381 e. The van der Waals surface area contributed by atoms with Crippen molar-refractivity contribution in [2.45, 2.75) is 33.1 Å². The molecule has 1 nitrogen and oxygen atoms in total. The minimum atomic E-state index is 0.749. The summed E-state index contributed by atoms with van der Waals surface area (Å²) >= 11 is 0. The summed E-state index contributed by atoms with van der Waals surface area (Å²) in [5.74, 6) is 0.749. The first kappa shape index (κ1) is 12.3. The van der Waals surface area contributed by atoms with Gasteiger partial charge in [0.25, 0.3) is 0 Å². The predicted octanol–water partition coefficient (Wildman–Crippen LogP) is 3.68. The van der Waals surface area contributed by atoms with Gasteiger partial charge in [0.1, 0.15) is 0 Å². The Bertz CT molecular complexity index is 241. The van der Waals surface area contributed by atoms with E-state index < -0.39 is 0 Å². The molecule has 0 unspecified atom stereocenters. The molecule has 0 heterocycles. The van der Waals surface area contributed by atoms with Gasteiger partial charge in [0.05, 0.1) is 0 Å². The maximum Gasteiger partial charge on any atom is 0.0469 e. The summed E-state index contributed by atoms with van der Waals surface area (Å²) in [7, 11) is 0. The molecule has 15 heavy (non-hydrogen) atoms. The zero-order valence-corrected chi connectivity index (χ0v) is 9.91.